The van der Waals surface area contributed by atoms with Crippen LogP contribution in [-0.4, -0.2) is 34.0 Å². The highest BCUT2D eigenvalue weighted by atomic mass is 35.5. The highest BCUT2D eigenvalue weighted by molar-refractivity contribution is 5.94. The van der Waals surface area contributed by atoms with Gasteiger partial charge in [0.15, 0.2) is 17.5 Å². The number of hydrogen-bond acceptors (Lipinski definition) is 5. The van der Waals surface area contributed by atoms with E-state index in [0.717, 1.165) is 24.5 Å². The third-order valence-corrected chi connectivity index (χ3v) is 5.43. The number of nitrogens with one attached hydrogen (secondary N) is 3. The Balaban J connectivity index is 0.00000272. The van der Waals surface area contributed by atoms with Crippen molar-refractivity contribution < 1.29 is 18.0 Å². The zero-order valence-electron chi connectivity index (χ0n) is 17.1. The monoisotopic (exact) mass is 455 g/mol. The second-order valence-electron chi connectivity index (χ2n) is 8.02. The first-order valence-electron chi connectivity index (χ1n) is 10.2. The number of rotatable bonds is 6. The first kappa shape index (κ1) is 23.1. The van der Waals surface area contributed by atoms with Gasteiger partial charge in [-0.25, -0.2) is 23.1 Å². The van der Waals surface area contributed by atoms with Gasteiger partial charge >= 0.3 is 0 Å². The fraction of sp³-hybridized carbons (Fsp3) is 0.476. The molecule has 2 aliphatic rings. The van der Waals surface area contributed by atoms with E-state index in [9.17, 15) is 18.0 Å². The van der Waals surface area contributed by atoms with Gasteiger partial charge in [-0.1, -0.05) is 0 Å². The average molecular weight is 456 g/mol. The number of aryl methyl sites for hydroxylation is 1. The van der Waals surface area contributed by atoms with Crippen molar-refractivity contribution in [3.05, 3.63) is 47.0 Å². The summed E-state index contributed by atoms with van der Waals surface area (Å²) < 4.78 is 39.8. The molecule has 0 atom stereocenters. The van der Waals surface area contributed by atoms with Gasteiger partial charge in [-0.3, -0.25) is 4.79 Å². The molecule has 1 aromatic heterocycles. The summed E-state index contributed by atoms with van der Waals surface area (Å²) in [5, 5.41) is 9.59. The maximum Gasteiger partial charge on any atom is 0.251 e. The van der Waals surface area contributed by atoms with E-state index in [1.807, 2.05) is 13.0 Å². The Labute approximate surface area is 184 Å². The molecule has 0 radical (unpaired) electrons. The molecule has 0 saturated heterocycles. The molecular formula is C21H25ClF3N5O. The molecule has 2 aliphatic carbocycles. The van der Waals surface area contributed by atoms with Gasteiger partial charge in [-0.05, 0) is 57.6 Å². The van der Waals surface area contributed by atoms with Crippen molar-refractivity contribution in [1.29, 1.82) is 0 Å². The Morgan fingerprint density at radius 2 is 1.29 bits per heavy atom. The van der Waals surface area contributed by atoms with Crippen LogP contribution in [-0.2, 0) is 0 Å². The van der Waals surface area contributed by atoms with Gasteiger partial charge in [0.1, 0.15) is 17.5 Å². The molecule has 1 heterocycles. The van der Waals surface area contributed by atoms with Crippen molar-refractivity contribution >= 4 is 29.9 Å². The standard InChI is InChI=1S/C21H24F3N5O.ClH/c1-11-25-18(27-13-2-3-13)10-19(26-11)28-14-4-6-15(7-5-14)29-21(30)12-8-16(22)20(24)17(23)9-12;/h8-10,13-15H,2-7H2,1H3,(H,29,30)(H2,25,26,27,28);1H/t14-,15+;. The SMILES string of the molecule is Cc1nc(NC2CC2)cc(N[C@H]2CC[C@@H](NC(=O)c3cc(F)c(F)c(F)c3)CC2)n1.Cl. The summed E-state index contributed by atoms with van der Waals surface area (Å²) in [6, 6.07) is 3.95. The number of carbonyl (C=O) groups excluding carboxylic acids is 1. The molecule has 1 amide bonds. The summed E-state index contributed by atoms with van der Waals surface area (Å²) in [7, 11) is 0. The number of carbonyl (C=O) groups is 1. The highest BCUT2D eigenvalue weighted by Crippen LogP contribution is 2.26. The van der Waals surface area contributed by atoms with Crippen LogP contribution >= 0.6 is 12.4 Å². The predicted octanol–water partition coefficient (Wildman–Crippen LogP) is 4.35. The topological polar surface area (TPSA) is 78.9 Å². The van der Waals surface area contributed by atoms with Gasteiger partial charge in [-0.2, -0.15) is 0 Å². The minimum Gasteiger partial charge on any atom is -0.367 e. The quantitative estimate of drug-likeness (QED) is 0.564. The van der Waals surface area contributed by atoms with E-state index < -0.39 is 23.4 Å². The normalized spacial score (nSPS) is 20.5. The zero-order valence-corrected chi connectivity index (χ0v) is 17.9. The Bertz CT molecular complexity index is 926. The van der Waals surface area contributed by atoms with E-state index in [4.69, 9.17) is 0 Å². The zero-order chi connectivity index (χ0) is 21.3. The summed E-state index contributed by atoms with van der Waals surface area (Å²) in [6.07, 6.45) is 5.38. The fourth-order valence-electron chi connectivity index (χ4n) is 3.70. The van der Waals surface area contributed by atoms with E-state index >= 15 is 0 Å². The van der Waals surface area contributed by atoms with Crippen molar-refractivity contribution in [2.45, 2.75) is 63.6 Å². The van der Waals surface area contributed by atoms with Crippen LogP contribution < -0.4 is 16.0 Å². The molecule has 31 heavy (non-hydrogen) atoms. The minimum atomic E-state index is -1.58. The number of benzene rings is 1. The van der Waals surface area contributed by atoms with Crippen molar-refractivity contribution in [1.82, 2.24) is 15.3 Å². The second kappa shape index (κ2) is 9.72. The first-order chi connectivity index (χ1) is 14.4. The highest BCUT2D eigenvalue weighted by Gasteiger charge is 2.25. The smallest absolute Gasteiger partial charge is 0.251 e. The fourth-order valence-corrected chi connectivity index (χ4v) is 3.70. The summed E-state index contributed by atoms with van der Waals surface area (Å²) in [6.45, 7) is 1.86. The summed E-state index contributed by atoms with van der Waals surface area (Å²) >= 11 is 0. The second-order valence-corrected chi connectivity index (χ2v) is 8.02. The third kappa shape index (κ3) is 6.00. The van der Waals surface area contributed by atoms with Crippen LogP contribution in [0.15, 0.2) is 18.2 Å². The molecular weight excluding hydrogens is 431 g/mol. The number of hydrogen-bond donors (Lipinski definition) is 3. The number of aromatic nitrogens is 2. The molecule has 10 heteroatoms. The van der Waals surface area contributed by atoms with E-state index in [1.54, 1.807) is 0 Å². The lowest BCUT2D eigenvalue weighted by Crippen LogP contribution is -2.40. The van der Waals surface area contributed by atoms with Crippen LogP contribution in [0.1, 0.15) is 54.7 Å². The van der Waals surface area contributed by atoms with Crippen LogP contribution in [0.3, 0.4) is 0 Å². The number of amides is 1. The van der Waals surface area contributed by atoms with Crippen molar-refractivity contribution in [2.75, 3.05) is 10.6 Å². The van der Waals surface area contributed by atoms with Crippen LogP contribution in [0.2, 0.25) is 0 Å². The molecule has 0 unspecified atom stereocenters. The Morgan fingerprint density at radius 1 is 0.839 bits per heavy atom. The van der Waals surface area contributed by atoms with Crippen molar-refractivity contribution in [3.8, 4) is 0 Å². The van der Waals surface area contributed by atoms with Crippen LogP contribution in [0, 0.1) is 24.4 Å². The van der Waals surface area contributed by atoms with E-state index in [0.29, 0.717) is 36.8 Å². The molecule has 2 saturated carbocycles. The molecule has 0 spiro atoms. The molecule has 168 valence electrons. The summed E-state index contributed by atoms with van der Waals surface area (Å²) in [5.74, 6) is -2.63. The lowest BCUT2D eigenvalue weighted by atomic mass is 9.91. The molecule has 0 aliphatic heterocycles. The van der Waals surface area contributed by atoms with Crippen molar-refractivity contribution in [3.63, 3.8) is 0 Å². The van der Waals surface area contributed by atoms with Gasteiger partial charge in [0.25, 0.3) is 5.91 Å². The summed E-state index contributed by atoms with van der Waals surface area (Å²) in [5.41, 5.74) is -0.223. The lowest BCUT2D eigenvalue weighted by molar-refractivity contribution is 0.0925. The molecule has 4 rings (SSSR count). The van der Waals surface area contributed by atoms with Crippen LogP contribution in [0.4, 0.5) is 24.8 Å². The maximum absolute atomic E-state index is 13.3. The van der Waals surface area contributed by atoms with E-state index in [2.05, 4.69) is 25.9 Å². The van der Waals surface area contributed by atoms with E-state index in [1.165, 1.54) is 12.8 Å². The molecule has 1 aromatic carbocycles. The Kier molecular flexibility index (Phi) is 7.25. The van der Waals surface area contributed by atoms with Crippen molar-refractivity contribution in [2.24, 2.45) is 0 Å². The van der Waals surface area contributed by atoms with Gasteiger partial charge < -0.3 is 16.0 Å². The molecule has 2 aromatic rings. The van der Waals surface area contributed by atoms with Crippen LogP contribution in [0.5, 0.6) is 0 Å². The van der Waals surface area contributed by atoms with Crippen LogP contribution in [0.25, 0.3) is 0 Å². The van der Waals surface area contributed by atoms with Gasteiger partial charge in [-0.15, -0.1) is 12.4 Å². The Morgan fingerprint density at radius 3 is 1.77 bits per heavy atom. The maximum atomic E-state index is 13.3. The average Bonchev–Trinajstić information content (AvgIpc) is 3.50. The minimum absolute atomic E-state index is 0. The molecule has 0 bridgehead atoms. The van der Waals surface area contributed by atoms with E-state index in [-0.39, 0.29) is 30.1 Å². The lowest BCUT2D eigenvalue weighted by Gasteiger charge is -2.30. The number of halogens is 4. The number of nitrogens with zero attached hydrogens (tertiary/aromatic N) is 2. The largest absolute Gasteiger partial charge is 0.367 e. The van der Waals surface area contributed by atoms with Gasteiger partial charge in [0.05, 0.1) is 0 Å². The first-order valence-corrected chi connectivity index (χ1v) is 10.2. The molecule has 2 fully saturated rings. The molecule has 3 N–H and O–H groups in total. The van der Waals surface area contributed by atoms with Gasteiger partial charge in [0, 0.05) is 29.8 Å². The number of anilines is 2. The summed E-state index contributed by atoms with van der Waals surface area (Å²) in [4.78, 5) is 21.1. The third-order valence-electron chi connectivity index (χ3n) is 5.43. The Hall–Kier alpha value is -2.55. The predicted molar refractivity (Wildman–Crippen MR) is 114 cm³/mol. The molecule has 6 nitrogen and oxygen atoms in total. The van der Waals surface area contributed by atoms with Gasteiger partial charge in [0.2, 0.25) is 0 Å².